The lowest BCUT2D eigenvalue weighted by atomic mass is 10.1. The van der Waals surface area contributed by atoms with Crippen LogP contribution in [0.3, 0.4) is 0 Å². The Morgan fingerprint density at radius 1 is 1.15 bits per heavy atom. The molecule has 0 radical (unpaired) electrons. The number of benzene rings is 2. The number of hydrogen-bond acceptors (Lipinski definition) is 5. The first-order valence-corrected chi connectivity index (χ1v) is 9.14. The number of carbonyl (C=O) groups excluding carboxylic acids is 1. The Labute approximate surface area is 155 Å². The normalized spacial score (nSPS) is 13.0. The lowest BCUT2D eigenvalue weighted by molar-refractivity contribution is 0.0996. The molecule has 1 aliphatic heterocycles. The van der Waals surface area contributed by atoms with Crippen molar-refractivity contribution < 1.29 is 14.3 Å². The fourth-order valence-corrected chi connectivity index (χ4v) is 3.59. The quantitative estimate of drug-likeness (QED) is 0.679. The predicted octanol–water partition coefficient (Wildman–Crippen LogP) is 4.20. The molecule has 0 unspecified atom stereocenters. The first-order valence-electron chi connectivity index (χ1n) is 8.26. The van der Waals surface area contributed by atoms with Gasteiger partial charge in [-0.15, -0.1) is 11.3 Å². The van der Waals surface area contributed by atoms with Gasteiger partial charge in [0.25, 0.3) is 5.91 Å². The highest BCUT2D eigenvalue weighted by atomic mass is 32.1. The fourth-order valence-electron chi connectivity index (χ4n) is 2.99. The van der Waals surface area contributed by atoms with E-state index < -0.39 is 0 Å². The Balaban J connectivity index is 1.50. The highest BCUT2D eigenvalue weighted by molar-refractivity contribution is 7.09. The van der Waals surface area contributed by atoms with Crippen LogP contribution in [0, 0.1) is 6.92 Å². The summed E-state index contributed by atoms with van der Waals surface area (Å²) in [7, 11) is 1.63. The van der Waals surface area contributed by atoms with Gasteiger partial charge in [0, 0.05) is 16.6 Å². The van der Waals surface area contributed by atoms with E-state index in [1.807, 2.05) is 54.8 Å². The van der Waals surface area contributed by atoms with Crippen molar-refractivity contribution in [3.63, 3.8) is 0 Å². The summed E-state index contributed by atoms with van der Waals surface area (Å²) >= 11 is 1.61. The number of carbonyl (C=O) groups is 1. The molecule has 26 heavy (non-hydrogen) atoms. The molecule has 5 nitrogen and oxygen atoms in total. The van der Waals surface area contributed by atoms with Crippen LogP contribution in [0.4, 0.5) is 5.69 Å². The summed E-state index contributed by atoms with van der Waals surface area (Å²) in [4.78, 5) is 18.8. The summed E-state index contributed by atoms with van der Waals surface area (Å²) in [6.07, 6.45) is 0. The van der Waals surface area contributed by atoms with E-state index in [0.29, 0.717) is 13.2 Å². The number of aromatic nitrogens is 1. The van der Waals surface area contributed by atoms with Crippen molar-refractivity contribution >= 4 is 22.9 Å². The van der Waals surface area contributed by atoms with Gasteiger partial charge in [-0.05, 0) is 55.0 Å². The van der Waals surface area contributed by atoms with Crippen molar-refractivity contribution in [3.05, 3.63) is 69.7 Å². The third kappa shape index (κ3) is 3.15. The van der Waals surface area contributed by atoms with E-state index in [2.05, 4.69) is 4.98 Å². The molecule has 3 aromatic rings. The minimum atomic E-state index is 0.00634. The standard InChI is InChI=1S/C20H18N2O3S/c1-13-21-15(12-26-13)11-25-18-7-8-19-14(9-18)10-22(20(19)23)16-3-5-17(24-2)6-4-16/h3-9,12H,10-11H2,1-2H3. The number of nitrogens with zero attached hydrogens (tertiary/aromatic N) is 2. The van der Waals surface area contributed by atoms with Crippen LogP contribution < -0.4 is 14.4 Å². The number of anilines is 1. The summed E-state index contributed by atoms with van der Waals surface area (Å²) < 4.78 is 11.0. The van der Waals surface area contributed by atoms with Gasteiger partial charge in [0.15, 0.2) is 0 Å². The summed E-state index contributed by atoms with van der Waals surface area (Å²) in [5.41, 5.74) is 3.46. The Bertz CT molecular complexity index is 950. The van der Waals surface area contributed by atoms with Crippen LogP contribution in [0.5, 0.6) is 11.5 Å². The minimum absolute atomic E-state index is 0.00634. The van der Waals surface area contributed by atoms with Gasteiger partial charge in [0.1, 0.15) is 18.1 Å². The van der Waals surface area contributed by atoms with Crippen LogP contribution in [0.25, 0.3) is 0 Å². The monoisotopic (exact) mass is 366 g/mol. The van der Waals surface area contributed by atoms with Gasteiger partial charge in [-0.25, -0.2) is 4.98 Å². The molecular weight excluding hydrogens is 348 g/mol. The average Bonchev–Trinajstić information content (AvgIpc) is 3.23. The molecule has 1 aromatic heterocycles. The number of aryl methyl sites for hydroxylation is 1. The van der Waals surface area contributed by atoms with Crippen LogP contribution in [0.15, 0.2) is 47.8 Å². The predicted molar refractivity (Wildman–Crippen MR) is 101 cm³/mol. The summed E-state index contributed by atoms with van der Waals surface area (Å²) in [5.74, 6) is 1.52. The number of hydrogen-bond donors (Lipinski definition) is 0. The second-order valence-corrected chi connectivity index (χ2v) is 7.12. The van der Waals surface area contributed by atoms with Crippen molar-refractivity contribution in [3.8, 4) is 11.5 Å². The van der Waals surface area contributed by atoms with Crippen LogP contribution in [0.2, 0.25) is 0 Å². The third-order valence-corrected chi connectivity index (χ3v) is 5.14. The first kappa shape index (κ1) is 16.6. The third-order valence-electron chi connectivity index (χ3n) is 4.32. The zero-order valence-corrected chi connectivity index (χ0v) is 15.4. The number of amides is 1. The second kappa shape index (κ2) is 6.80. The average molecular weight is 366 g/mol. The number of methoxy groups -OCH3 is 1. The Morgan fingerprint density at radius 2 is 1.92 bits per heavy atom. The van der Waals surface area contributed by atoms with Crippen molar-refractivity contribution in [2.45, 2.75) is 20.1 Å². The van der Waals surface area contributed by atoms with E-state index in [-0.39, 0.29) is 5.91 Å². The van der Waals surface area contributed by atoms with Gasteiger partial charge in [0.05, 0.1) is 24.4 Å². The van der Waals surface area contributed by atoms with E-state index in [0.717, 1.165) is 39.0 Å². The molecule has 1 aliphatic rings. The number of rotatable bonds is 5. The number of thiazole rings is 1. The largest absolute Gasteiger partial charge is 0.497 e. The molecule has 0 aliphatic carbocycles. The molecule has 2 aromatic carbocycles. The van der Waals surface area contributed by atoms with E-state index in [1.165, 1.54) is 0 Å². The maximum atomic E-state index is 12.7. The van der Waals surface area contributed by atoms with Crippen LogP contribution in [0.1, 0.15) is 26.6 Å². The van der Waals surface area contributed by atoms with Crippen molar-refractivity contribution in [1.82, 2.24) is 4.98 Å². The zero-order chi connectivity index (χ0) is 18.1. The van der Waals surface area contributed by atoms with Crippen molar-refractivity contribution in [2.75, 3.05) is 12.0 Å². The lowest BCUT2D eigenvalue weighted by Crippen LogP contribution is -2.22. The maximum Gasteiger partial charge on any atom is 0.258 e. The molecule has 1 amide bonds. The number of fused-ring (bicyclic) bond motifs is 1. The Morgan fingerprint density at radius 3 is 2.62 bits per heavy atom. The molecule has 2 heterocycles. The van der Waals surface area contributed by atoms with E-state index >= 15 is 0 Å². The second-order valence-electron chi connectivity index (χ2n) is 6.05. The first-order chi connectivity index (χ1) is 12.6. The molecule has 4 rings (SSSR count). The molecule has 0 bridgehead atoms. The number of ether oxygens (including phenoxy) is 2. The Kier molecular flexibility index (Phi) is 4.34. The molecular formula is C20H18N2O3S. The van der Waals surface area contributed by atoms with Gasteiger partial charge < -0.3 is 14.4 Å². The van der Waals surface area contributed by atoms with Crippen LogP contribution in [-0.2, 0) is 13.2 Å². The summed E-state index contributed by atoms with van der Waals surface area (Å²) in [6, 6.07) is 13.1. The maximum absolute atomic E-state index is 12.7. The fraction of sp³-hybridized carbons (Fsp3) is 0.200. The zero-order valence-electron chi connectivity index (χ0n) is 14.6. The minimum Gasteiger partial charge on any atom is -0.497 e. The molecule has 0 saturated heterocycles. The SMILES string of the molecule is COc1ccc(N2Cc3cc(OCc4csc(C)n4)ccc3C2=O)cc1. The summed E-state index contributed by atoms with van der Waals surface area (Å²) in [5, 5.41) is 3.02. The Hall–Kier alpha value is -2.86. The van der Waals surface area contributed by atoms with Crippen molar-refractivity contribution in [2.24, 2.45) is 0 Å². The summed E-state index contributed by atoms with van der Waals surface area (Å²) in [6.45, 7) is 2.94. The molecule has 6 heteroatoms. The topological polar surface area (TPSA) is 51.7 Å². The lowest BCUT2D eigenvalue weighted by Gasteiger charge is -2.15. The molecule has 0 fully saturated rings. The van der Waals surface area contributed by atoms with E-state index in [1.54, 1.807) is 23.3 Å². The van der Waals surface area contributed by atoms with Crippen molar-refractivity contribution in [1.29, 1.82) is 0 Å². The molecule has 0 spiro atoms. The molecule has 0 N–H and O–H groups in total. The molecule has 132 valence electrons. The van der Waals surface area contributed by atoms with Gasteiger partial charge >= 0.3 is 0 Å². The highest BCUT2D eigenvalue weighted by Crippen LogP contribution is 2.31. The van der Waals surface area contributed by atoms with Gasteiger partial charge in [-0.1, -0.05) is 0 Å². The molecule has 0 saturated carbocycles. The molecule has 0 atom stereocenters. The smallest absolute Gasteiger partial charge is 0.258 e. The van der Waals surface area contributed by atoms with Gasteiger partial charge in [0.2, 0.25) is 0 Å². The van der Waals surface area contributed by atoms with Crippen LogP contribution in [-0.4, -0.2) is 18.0 Å². The van der Waals surface area contributed by atoms with Gasteiger partial charge in [-0.3, -0.25) is 4.79 Å². The van der Waals surface area contributed by atoms with E-state index in [4.69, 9.17) is 9.47 Å². The highest BCUT2D eigenvalue weighted by Gasteiger charge is 2.28. The van der Waals surface area contributed by atoms with E-state index in [9.17, 15) is 4.79 Å². The van der Waals surface area contributed by atoms with Gasteiger partial charge in [-0.2, -0.15) is 0 Å². The van der Waals surface area contributed by atoms with Crippen LogP contribution >= 0.6 is 11.3 Å².